The highest BCUT2D eigenvalue weighted by molar-refractivity contribution is 6.13. The molecule has 0 bridgehead atoms. The van der Waals surface area contributed by atoms with Gasteiger partial charge in [0.1, 0.15) is 5.82 Å². The molecule has 1 N–H and O–H groups in total. The maximum Gasteiger partial charge on any atom is 0.259 e. The average Bonchev–Trinajstić information content (AvgIpc) is 3.39. The van der Waals surface area contributed by atoms with E-state index in [-0.39, 0.29) is 17.4 Å². The summed E-state index contributed by atoms with van der Waals surface area (Å²) in [6, 6.07) is 14.7. The second-order valence-electron chi connectivity index (χ2n) is 7.17. The number of pyridine rings is 1. The van der Waals surface area contributed by atoms with Crippen molar-refractivity contribution in [2.75, 3.05) is 5.32 Å². The van der Waals surface area contributed by atoms with Crippen molar-refractivity contribution in [3.8, 4) is 22.6 Å². The highest BCUT2D eigenvalue weighted by atomic mass is 19.1. The molecule has 0 saturated carbocycles. The average molecular weight is 429 g/mol. The van der Waals surface area contributed by atoms with E-state index in [4.69, 9.17) is 4.52 Å². The van der Waals surface area contributed by atoms with Gasteiger partial charge in [-0.3, -0.25) is 4.79 Å². The molecule has 0 atom stereocenters. The summed E-state index contributed by atoms with van der Waals surface area (Å²) >= 11 is 0. The van der Waals surface area contributed by atoms with Crippen LogP contribution < -0.4 is 5.32 Å². The van der Waals surface area contributed by atoms with Crippen molar-refractivity contribution in [1.29, 1.82) is 0 Å². The topological polar surface area (TPSA) is 112 Å². The second kappa shape index (κ2) is 7.65. The van der Waals surface area contributed by atoms with Gasteiger partial charge in [0.05, 0.1) is 22.3 Å². The summed E-state index contributed by atoms with van der Waals surface area (Å²) in [5, 5.41) is 18.8. The molecule has 5 aromatic rings. The van der Waals surface area contributed by atoms with E-state index in [2.05, 4.69) is 31.0 Å². The zero-order valence-electron chi connectivity index (χ0n) is 17.1. The number of rotatable bonds is 4. The Morgan fingerprint density at radius 3 is 2.66 bits per heavy atom. The lowest BCUT2D eigenvalue weighted by Crippen LogP contribution is -2.13. The van der Waals surface area contributed by atoms with Gasteiger partial charge in [-0.1, -0.05) is 17.3 Å². The lowest BCUT2D eigenvalue weighted by atomic mass is 10.0. The fourth-order valence-electron chi connectivity index (χ4n) is 3.45. The van der Waals surface area contributed by atoms with Crippen LogP contribution >= 0.6 is 0 Å². The first kappa shape index (κ1) is 19.5. The Hall–Kier alpha value is -4.47. The van der Waals surface area contributed by atoms with E-state index in [1.165, 1.54) is 12.1 Å². The van der Waals surface area contributed by atoms with Crippen molar-refractivity contribution in [3.63, 3.8) is 0 Å². The Balaban J connectivity index is 1.54. The number of aryl methyl sites for hydroxylation is 2. The van der Waals surface area contributed by atoms with Crippen LogP contribution in [-0.2, 0) is 7.05 Å². The molecule has 2 aromatic carbocycles. The van der Waals surface area contributed by atoms with E-state index < -0.39 is 0 Å². The maximum atomic E-state index is 13.3. The van der Waals surface area contributed by atoms with Crippen LogP contribution in [0.15, 0.2) is 59.1 Å². The van der Waals surface area contributed by atoms with Crippen LogP contribution in [-0.4, -0.2) is 36.3 Å². The van der Waals surface area contributed by atoms with Crippen molar-refractivity contribution in [2.45, 2.75) is 6.92 Å². The van der Waals surface area contributed by atoms with Gasteiger partial charge < -0.3 is 9.84 Å². The molecule has 5 rings (SSSR count). The molecule has 3 aromatic heterocycles. The van der Waals surface area contributed by atoms with Gasteiger partial charge in [-0.2, -0.15) is 0 Å². The van der Waals surface area contributed by atoms with Gasteiger partial charge in [-0.25, -0.2) is 14.1 Å². The van der Waals surface area contributed by atoms with Crippen LogP contribution in [0.1, 0.15) is 16.1 Å². The molecule has 0 aliphatic carbocycles. The van der Waals surface area contributed by atoms with E-state index in [0.29, 0.717) is 39.4 Å². The normalized spacial score (nSPS) is 11.1. The number of nitrogens with zero attached hydrogens (tertiary/aromatic N) is 6. The first-order chi connectivity index (χ1) is 15.5. The fourth-order valence-corrected chi connectivity index (χ4v) is 3.45. The highest BCUT2D eigenvalue weighted by Crippen LogP contribution is 2.28. The fraction of sp³-hybridized carbons (Fsp3) is 0.0909. The Morgan fingerprint density at radius 1 is 1.09 bits per heavy atom. The number of hydrogen-bond donors (Lipinski definition) is 1. The molecule has 0 spiro atoms. The summed E-state index contributed by atoms with van der Waals surface area (Å²) in [4.78, 5) is 17.7. The Morgan fingerprint density at radius 2 is 1.91 bits per heavy atom. The number of carbonyl (C=O) groups excluding carboxylic acids is 1. The van der Waals surface area contributed by atoms with Gasteiger partial charge in [0.25, 0.3) is 11.6 Å². The molecular formula is C22H16FN7O2. The highest BCUT2D eigenvalue weighted by Gasteiger charge is 2.20. The molecule has 0 fully saturated rings. The number of tetrazole rings is 1. The number of benzene rings is 2. The maximum absolute atomic E-state index is 13.3. The summed E-state index contributed by atoms with van der Waals surface area (Å²) in [5.74, 6) is -0.150. The Kier molecular flexibility index (Phi) is 4.66. The Labute approximate surface area is 180 Å². The number of hydrogen-bond acceptors (Lipinski definition) is 7. The van der Waals surface area contributed by atoms with Gasteiger partial charge in [-0.15, -0.1) is 5.10 Å². The second-order valence-corrected chi connectivity index (χ2v) is 7.17. The molecule has 0 aliphatic heterocycles. The van der Waals surface area contributed by atoms with Crippen molar-refractivity contribution in [2.24, 2.45) is 7.05 Å². The van der Waals surface area contributed by atoms with Crippen LogP contribution in [0, 0.1) is 12.7 Å². The van der Waals surface area contributed by atoms with Crippen molar-refractivity contribution < 1.29 is 13.7 Å². The van der Waals surface area contributed by atoms with Gasteiger partial charge in [-0.05, 0) is 59.8 Å². The lowest BCUT2D eigenvalue weighted by Gasteiger charge is -2.09. The number of halogens is 1. The summed E-state index contributed by atoms with van der Waals surface area (Å²) in [5.41, 5.74) is 3.56. The number of amides is 1. The standard InChI is InChI=1S/C22H16FN7O2/c1-12-19-17(11-18(25-22(19)32-27-12)13-6-8-15(23)9-7-13)21(31)24-16-5-3-4-14(10-16)20-26-28-29-30(20)2/h3-11H,1-2H3,(H,24,31). The molecule has 0 saturated heterocycles. The SMILES string of the molecule is Cc1noc2nc(-c3ccc(F)cc3)cc(C(=O)Nc3cccc(-c4nnnn4C)c3)c12. The van der Waals surface area contributed by atoms with E-state index >= 15 is 0 Å². The third kappa shape index (κ3) is 3.47. The third-order valence-corrected chi connectivity index (χ3v) is 5.00. The minimum absolute atomic E-state index is 0.230. The summed E-state index contributed by atoms with van der Waals surface area (Å²) in [7, 11) is 1.74. The van der Waals surface area contributed by atoms with Crippen LogP contribution in [0.25, 0.3) is 33.7 Å². The molecule has 158 valence electrons. The molecule has 0 aliphatic rings. The minimum Gasteiger partial charge on any atom is -0.335 e. The largest absolute Gasteiger partial charge is 0.335 e. The molecular weight excluding hydrogens is 413 g/mol. The van der Waals surface area contributed by atoms with Gasteiger partial charge in [0.2, 0.25) is 0 Å². The van der Waals surface area contributed by atoms with Crippen LogP contribution in [0.4, 0.5) is 10.1 Å². The summed E-state index contributed by atoms with van der Waals surface area (Å²) < 4.78 is 20.2. The summed E-state index contributed by atoms with van der Waals surface area (Å²) in [6.45, 7) is 1.74. The number of fused-ring (bicyclic) bond motifs is 1. The Bertz CT molecular complexity index is 1460. The van der Waals surface area contributed by atoms with Gasteiger partial charge in [0, 0.05) is 23.9 Å². The lowest BCUT2D eigenvalue weighted by molar-refractivity contribution is 0.102. The zero-order chi connectivity index (χ0) is 22.2. The molecule has 3 heterocycles. The molecule has 9 nitrogen and oxygen atoms in total. The molecule has 1 amide bonds. The van der Waals surface area contributed by atoms with Crippen LogP contribution in [0.3, 0.4) is 0 Å². The van der Waals surface area contributed by atoms with E-state index in [0.717, 1.165) is 5.56 Å². The van der Waals surface area contributed by atoms with Gasteiger partial charge >= 0.3 is 0 Å². The molecule has 10 heteroatoms. The first-order valence-corrected chi connectivity index (χ1v) is 9.67. The smallest absolute Gasteiger partial charge is 0.259 e. The van der Waals surface area contributed by atoms with Crippen molar-refractivity contribution in [3.05, 3.63) is 71.7 Å². The molecule has 0 unspecified atom stereocenters. The van der Waals surface area contributed by atoms with Crippen molar-refractivity contribution >= 4 is 22.7 Å². The monoisotopic (exact) mass is 429 g/mol. The van der Waals surface area contributed by atoms with Crippen LogP contribution in [0.5, 0.6) is 0 Å². The number of aromatic nitrogens is 6. The molecule has 0 radical (unpaired) electrons. The van der Waals surface area contributed by atoms with Crippen LogP contribution in [0.2, 0.25) is 0 Å². The van der Waals surface area contributed by atoms with E-state index in [1.807, 2.05) is 6.07 Å². The quantitative estimate of drug-likeness (QED) is 0.463. The predicted octanol–water partition coefficient (Wildman–Crippen LogP) is 3.78. The zero-order valence-corrected chi connectivity index (χ0v) is 17.1. The van der Waals surface area contributed by atoms with Gasteiger partial charge in [0.15, 0.2) is 5.82 Å². The minimum atomic E-state index is -0.361. The third-order valence-electron chi connectivity index (χ3n) is 5.00. The van der Waals surface area contributed by atoms with E-state index in [9.17, 15) is 9.18 Å². The number of carbonyl (C=O) groups is 1. The summed E-state index contributed by atoms with van der Waals surface area (Å²) in [6.07, 6.45) is 0. The molecule has 32 heavy (non-hydrogen) atoms. The predicted molar refractivity (Wildman–Crippen MR) is 114 cm³/mol. The number of nitrogens with one attached hydrogen (secondary N) is 1. The number of anilines is 1. The first-order valence-electron chi connectivity index (χ1n) is 9.67. The van der Waals surface area contributed by atoms with E-state index in [1.54, 1.807) is 55.1 Å². The van der Waals surface area contributed by atoms with Crippen molar-refractivity contribution in [1.82, 2.24) is 30.3 Å².